The third-order valence-corrected chi connectivity index (χ3v) is 9.63. The first-order valence-corrected chi connectivity index (χ1v) is 13.8. The molecular formula is C32H26N2O6. The predicted octanol–water partition coefficient (Wildman–Crippen LogP) is 4.93. The second kappa shape index (κ2) is 8.27. The van der Waals surface area contributed by atoms with Gasteiger partial charge in [0.05, 0.1) is 16.5 Å². The Labute approximate surface area is 230 Å². The summed E-state index contributed by atoms with van der Waals surface area (Å²) in [5.41, 5.74) is 4.37. The van der Waals surface area contributed by atoms with Gasteiger partial charge in [-0.05, 0) is 66.0 Å². The van der Waals surface area contributed by atoms with Gasteiger partial charge in [-0.25, -0.2) is 9.59 Å². The lowest BCUT2D eigenvalue weighted by Gasteiger charge is -2.37. The zero-order chi connectivity index (χ0) is 27.2. The molecular weight excluding hydrogens is 508 g/mol. The van der Waals surface area contributed by atoms with Crippen molar-refractivity contribution in [2.24, 2.45) is 11.3 Å². The summed E-state index contributed by atoms with van der Waals surface area (Å²) in [6.45, 7) is 0.250. The molecule has 0 aromatic heterocycles. The van der Waals surface area contributed by atoms with Crippen LogP contribution in [0.25, 0.3) is 11.1 Å². The number of hydrogen-bond acceptors (Lipinski definition) is 6. The van der Waals surface area contributed by atoms with Crippen molar-refractivity contribution in [1.29, 1.82) is 0 Å². The first-order chi connectivity index (χ1) is 19.5. The lowest BCUT2D eigenvalue weighted by Crippen LogP contribution is -2.50. The topological polar surface area (TPSA) is 93.2 Å². The smallest absolute Gasteiger partial charge is 0.410 e. The summed E-state index contributed by atoms with van der Waals surface area (Å²) < 4.78 is 5.97. The van der Waals surface area contributed by atoms with Crippen molar-refractivity contribution in [3.8, 4) is 11.1 Å². The molecule has 1 saturated carbocycles. The Morgan fingerprint density at radius 2 is 1.35 bits per heavy atom. The van der Waals surface area contributed by atoms with Gasteiger partial charge in [-0.15, -0.1) is 0 Å². The second-order valence-electron chi connectivity index (χ2n) is 11.5. The first kappa shape index (κ1) is 23.4. The van der Waals surface area contributed by atoms with E-state index >= 15 is 0 Å². The molecule has 0 radical (unpaired) electrons. The number of benzene rings is 3. The van der Waals surface area contributed by atoms with Crippen molar-refractivity contribution < 1.29 is 28.8 Å². The molecule has 2 saturated heterocycles. The van der Waals surface area contributed by atoms with Crippen molar-refractivity contribution in [1.82, 2.24) is 9.96 Å². The van der Waals surface area contributed by atoms with Gasteiger partial charge in [0.1, 0.15) is 6.61 Å². The molecule has 200 valence electrons. The van der Waals surface area contributed by atoms with Gasteiger partial charge in [0, 0.05) is 18.0 Å². The molecule has 3 amide bonds. The number of carbonyl (C=O) groups is 4. The van der Waals surface area contributed by atoms with Gasteiger partial charge in [0.2, 0.25) is 0 Å². The third-order valence-electron chi connectivity index (χ3n) is 9.63. The number of rotatable bonds is 4. The number of hydrogen-bond donors (Lipinski definition) is 0. The van der Waals surface area contributed by atoms with Crippen LogP contribution in [-0.4, -0.2) is 52.5 Å². The number of amides is 3. The first-order valence-electron chi connectivity index (χ1n) is 13.8. The van der Waals surface area contributed by atoms with E-state index in [1.165, 1.54) is 11.1 Å². The third kappa shape index (κ3) is 3.13. The van der Waals surface area contributed by atoms with Crippen LogP contribution >= 0.6 is 0 Å². The fourth-order valence-corrected chi connectivity index (χ4v) is 7.70. The van der Waals surface area contributed by atoms with Crippen LogP contribution in [0.15, 0.2) is 72.8 Å². The van der Waals surface area contributed by atoms with Gasteiger partial charge in [0.15, 0.2) is 0 Å². The molecule has 8 nitrogen and oxygen atoms in total. The molecule has 0 N–H and O–H groups in total. The molecule has 8 heteroatoms. The van der Waals surface area contributed by atoms with Crippen LogP contribution < -0.4 is 0 Å². The monoisotopic (exact) mass is 534 g/mol. The van der Waals surface area contributed by atoms with Gasteiger partial charge >= 0.3 is 12.1 Å². The lowest BCUT2D eigenvalue weighted by atomic mass is 9.90. The fourth-order valence-electron chi connectivity index (χ4n) is 7.70. The number of ether oxygens (including phenoxy) is 1. The van der Waals surface area contributed by atoms with Gasteiger partial charge in [-0.3, -0.25) is 9.59 Å². The molecule has 3 fully saturated rings. The average molecular weight is 535 g/mol. The van der Waals surface area contributed by atoms with Crippen LogP contribution in [0.2, 0.25) is 0 Å². The normalized spacial score (nSPS) is 27.1. The molecule has 0 unspecified atom stereocenters. The zero-order valence-corrected chi connectivity index (χ0v) is 21.6. The van der Waals surface area contributed by atoms with Crippen molar-refractivity contribution >= 4 is 23.9 Å². The van der Waals surface area contributed by atoms with Crippen LogP contribution in [0.5, 0.6) is 0 Å². The molecule has 0 spiro atoms. The minimum atomic E-state index is -0.777. The Hall–Kier alpha value is -4.46. The predicted molar refractivity (Wildman–Crippen MR) is 142 cm³/mol. The van der Waals surface area contributed by atoms with Crippen molar-refractivity contribution in [2.45, 2.75) is 43.7 Å². The lowest BCUT2D eigenvalue weighted by molar-refractivity contribution is -0.178. The highest BCUT2D eigenvalue weighted by atomic mass is 16.7. The molecule has 3 heterocycles. The van der Waals surface area contributed by atoms with E-state index in [0.29, 0.717) is 17.9 Å². The Kier molecular flexibility index (Phi) is 4.84. The summed E-state index contributed by atoms with van der Waals surface area (Å²) in [5, 5.41) is 0.594. The number of carbonyl (C=O) groups excluding carboxylic acids is 4. The summed E-state index contributed by atoms with van der Waals surface area (Å²) >= 11 is 0. The van der Waals surface area contributed by atoms with Gasteiger partial charge in [-0.2, -0.15) is 0 Å². The highest BCUT2D eigenvalue weighted by Gasteiger charge is 2.71. The Balaban J connectivity index is 0.961. The number of piperidine rings is 1. The van der Waals surface area contributed by atoms with E-state index in [-0.39, 0.29) is 47.7 Å². The molecule has 4 atom stereocenters. The number of nitrogens with zero attached hydrogens (tertiary/aromatic N) is 2. The number of fused-ring (bicyclic) bond motifs is 8. The quantitative estimate of drug-likeness (QED) is 0.441. The maximum absolute atomic E-state index is 13.5. The molecule has 3 aliphatic heterocycles. The summed E-state index contributed by atoms with van der Waals surface area (Å²) in [6, 6.07) is 22.6. The second-order valence-corrected chi connectivity index (χ2v) is 11.5. The van der Waals surface area contributed by atoms with Crippen LogP contribution in [0, 0.1) is 11.3 Å². The largest absolute Gasteiger partial charge is 0.448 e. The SMILES string of the molecule is O=C1c2ccccc2C(=O)N1OC(=O)[C@]12C[C@@H]3CC[C@H]([C@H]1C2)N3C(=O)OCC1c2ccccc2-c2ccccc21. The minimum absolute atomic E-state index is 0.0200. The van der Waals surface area contributed by atoms with Gasteiger partial charge in [-0.1, -0.05) is 65.7 Å². The van der Waals surface area contributed by atoms with E-state index in [4.69, 9.17) is 9.57 Å². The number of imide groups is 1. The van der Waals surface area contributed by atoms with Crippen molar-refractivity contribution in [3.63, 3.8) is 0 Å². The van der Waals surface area contributed by atoms with E-state index in [2.05, 4.69) is 24.3 Å². The summed E-state index contributed by atoms with van der Waals surface area (Å²) in [6.07, 6.45) is 2.25. The van der Waals surface area contributed by atoms with Crippen LogP contribution in [0.3, 0.4) is 0 Å². The Morgan fingerprint density at radius 3 is 1.98 bits per heavy atom. The Bertz CT molecular complexity index is 1550. The molecule has 2 aliphatic carbocycles. The van der Waals surface area contributed by atoms with E-state index in [1.807, 2.05) is 29.2 Å². The maximum Gasteiger partial charge on any atom is 0.410 e. The van der Waals surface area contributed by atoms with E-state index in [9.17, 15) is 19.2 Å². The maximum atomic E-state index is 13.5. The van der Waals surface area contributed by atoms with Crippen LogP contribution in [0.4, 0.5) is 4.79 Å². The summed E-state index contributed by atoms with van der Waals surface area (Å²) in [7, 11) is 0. The zero-order valence-electron chi connectivity index (χ0n) is 21.6. The summed E-state index contributed by atoms with van der Waals surface area (Å²) in [5.74, 6) is -1.90. The van der Waals surface area contributed by atoms with Crippen molar-refractivity contribution in [2.75, 3.05) is 6.61 Å². The average Bonchev–Trinajstić information content (AvgIpc) is 3.42. The standard InChI is InChI=1S/C32H26N2O6/c35-28-23-11-5-6-12-24(23)29(36)34(28)40-30(37)32-15-18-13-14-27(26(32)16-32)33(18)31(38)39-17-25-21-9-3-1-7-19(21)20-8-2-4-10-22(20)25/h1-12,18,25-27H,13-17H2/t18-,26+,27+,32-/m0/s1. The molecule has 5 aliphatic rings. The van der Waals surface area contributed by atoms with Crippen molar-refractivity contribution in [3.05, 3.63) is 95.1 Å². The molecule has 40 heavy (non-hydrogen) atoms. The highest BCUT2D eigenvalue weighted by Crippen LogP contribution is 2.66. The van der Waals surface area contributed by atoms with E-state index in [1.54, 1.807) is 24.3 Å². The highest BCUT2D eigenvalue weighted by molar-refractivity contribution is 6.21. The minimum Gasteiger partial charge on any atom is -0.448 e. The Morgan fingerprint density at radius 1 is 0.775 bits per heavy atom. The molecule has 3 aromatic rings. The van der Waals surface area contributed by atoms with Gasteiger partial charge < -0.3 is 14.5 Å². The van der Waals surface area contributed by atoms with Crippen LogP contribution in [0.1, 0.15) is 63.4 Å². The summed E-state index contributed by atoms with van der Waals surface area (Å²) in [4.78, 5) is 59.6. The number of hydroxylamine groups is 2. The fraction of sp³-hybridized carbons (Fsp3) is 0.312. The van der Waals surface area contributed by atoms with E-state index in [0.717, 1.165) is 24.0 Å². The van der Waals surface area contributed by atoms with Crippen LogP contribution in [-0.2, 0) is 14.4 Å². The van der Waals surface area contributed by atoms with Gasteiger partial charge in [0.25, 0.3) is 11.8 Å². The van der Waals surface area contributed by atoms with E-state index < -0.39 is 23.2 Å². The molecule has 3 aromatic carbocycles. The molecule has 2 bridgehead atoms. The molecule has 8 rings (SSSR count).